The molecule has 2 atom stereocenters. The SMILES string of the molecule is Cl.NC(=O)c1ccc(NC(=O)CC2CC3CCC(C2)N3)cc1N1CCCCC1. The molecule has 154 valence electrons. The monoisotopic (exact) mass is 406 g/mol. The summed E-state index contributed by atoms with van der Waals surface area (Å²) in [6.07, 6.45) is 8.72. The maximum Gasteiger partial charge on any atom is 0.250 e. The molecule has 3 aliphatic heterocycles. The van der Waals surface area contributed by atoms with E-state index in [1.807, 2.05) is 6.07 Å². The van der Waals surface area contributed by atoms with Crippen molar-refractivity contribution in [2.75, 3.05) is 23.3 Å². The summed E-state index contributed by atoms with van der Waals surface area (Å²) in [5.74, 6) is 0.117. The third-order valence-electron chi connectivity index (χ3n) is 6.29. The smallest absolute Gasteiger partial charge is 0.250 e. The van der Waals surface area contributed by atoms with E-state index in [1.165, 1.54) is 19.3 Å². The molecule has 0 saturated carbocycles. The van der Waals surface area contributed by atoms with Crippen molar-refractivity contribution in [1.82, 2.24) is 5.32 Å². The molecule has 0 radical (unpaired) electrons. The molecule has 0 spiro atoms. The van der Waals surface area contributed by atoms with Gasteiger partial charge in [-0.25, -0.2) is 0 Å². The van der Waals surface area contributed by atoms with Crippen LogP contribution in [0.25, 0.3) is 0 Å². The van der Waals surface area contributed by atoms with Gasteiger partial charge in [-0.2, -0.15) is 0 Å². The minimum absolute atomic E-state index is 0. The topological polar surface area (TPSA) is 87.5 Å². The molecule has 1 aromatic rings. The van der Waals surface area contributed by atoms with Crippen molar-refractivity contribution in [3.8, 4) is 0 Å². The van der Waals surface area contributed by atoms with E-state index in [2.05, 4.69) is 15.5 Å². The van der Waals surface area contributed by atoms with Gasteiger partial charge < -0.3 is 21.3 Å². The number of carbonyl (C=O) groups is 2. The minimum atomic E-state index is -0.418. The number of hydrogen-bond acceptors (Lipinski definition) is 4. The maximum atomic E-state index is 12.6. The molecular weight excluding hydrogens is 376 g/mol. The van der Waals surface area contributed by atoms with E-state index >= 15 is 0 Å². The number of rotatable bonds is 5. The molecular formula is C21H31ClN4O2. The Labute approximate surface area is 173 Å². The van der Waals surface area contributed by atoms with Crippen molar-refractivity contribution in [2.24, 2.45) is 11.7 Å². The third kappa shape index (κ3) is 4.78. The fourth-order valence-electron chi connectivity index (χ4n) is 5.03. The number of piperidine rings is 2. The summed E-state index contributed by atoms with van der Waals surface area (Å²) in [5, 5.41) is 6.67. The first-order valence-electron chi connectivity index (χ1n) is 10.3. The van der Waals surface area contributed by atoms with E-state index < -0.39 is 5.91 Å². The molecule has 2 amide bonds. The second-order valence-electron chi connectivity index (χ2n) is 8.37. The Bertz CT molecular complexity index is 708. The quantitative estimate of drug-likeness (QED) is 0.701. The molecule has 3 fully saturated rings. The fourth-order valence-corrected chi connectivity index (χ4v) is 5.03. The van der Waals surface area contributed by atoms with Gasteiger partial charge in [0, 0.05) is 37.3 Å². The zero-order valence-electron chi connectivity index (χ0n) is 16.3. The van der Waals surface area contributed by atoms with E-state index in [0.29, 0.717) is 30.0 Å². The average Bonchev–Trinajstić information content (AvgIpc) is 3.00. The van der Waals surface area contributed by atoms with Gasteiger partial charge in [-0.15, -0.1) is 12.4 Å². The van der Waals surface area contributed by atoms with Crippen molar-refractivity contribution in [1.29, 1.82) is 0 Å². The van der Waals surface area contributed by atoms with Crippen LogP contribution in [0.2, 0.25) is 0 Å². The molecule has 4 N–H and O–H groups in total. The Hall–Kier alpha value is -1.79. The third-order valence-corrected chi connectivity index (χ3v) is 6.29. The number of benzene rings is 1. The van der Waals surface area contributed by atoms with Gasteiger partial charge in [0.25, 0.3) is 5.91 Å². The second-order valence-corrected chi connectivity index (χ2v) is 8.37. The van der Waals surface area contributed by atoms with Gasteiger partial charge in [0.15, 0.2) is 0 Å². The van der Waals surface area contributed by atoms with Gasteiger partial charge in [0.05, 0.1) is 11.3 Å². The molecule has 2 bridgehead atoms. The van der Waals surface area contributed by atoms with Crippen molar-refractivity contribution in [2.45, 2.75) is 63.5 Å². The Kier molecular flexibility index (Phi) is 6.83. The lowest BCUT2D eigenvalue weighted by Gasteiger charge is -2.30. The largest absolute Gasteiger partial charge is 0.371 e. The number of carbonyl (C=O) groups excluding carboxylic acids is 2. The Morgan fingerprint density at radius 2 is 1.79 bits per heavy atom. The molecule has 28 heavy (non-hydrogen) atoms. The van der Waals surface area contributed by atoms with Crippen LogP contribution < -0.4 is 21.3 Å². The zero-order chi connectivity index (χ0) is 18.8. The highest BCUT2D eigenvalue weighted by Crippen LogP contribution is 2.33. The first kappa shape index (κ1) is 20.9. The molecule has 7 heteroatoms. The predicted octanol–water partition coefficient (Wildman–Crippen LogP) is 3.06. The number of halogens is 1. The lowest BCUT2D eigenvalue weighted by Crippen LogP contribution is -2.39. The highest BCUT2D eigenvalue weighted by Gasteiger charge is 2.34. The number of fused-ring (bicyclic) bond motifs is 2. The van der Waals surface area contributed by atoms with Crippen LogP contribution >= 0.6 is 12.4 Å². The van der Waals surface area contributed by atoms with E-state index in [0.717, 1.165) is 50.1 Å². The molecule has 0 aliphatic carbocycles. The molecule has 3 heterocycles. The Morgan fingerprint density at radius 3 is 2.43 bits per heavy atom. The zero-order valence-corrected chi connectivity index (χ0v) is 17.1. The van der Waals surface area contributed by atoms with Gasteiger partial charge in [-0.05, 0) is 69.1 Å². The number of anilines is 2. The van der Waals surface area contributed by atoms with Crippen molar-refractivity contribution >= 4 is 35.6 Å². The fraction of sp³-hybridized carbons (Fsp3) is 0.619. The highest BCUT2D eigenvalue weighted by molar-refractivity contribution is 6.00. The first-order chi connectivity index (χ1) is 13.1. The van der Waals surface area contributed by atoms with Gasteiger partial charge >= 0.3 is 0 Å². The van der Waals surface area contributed by atoms with Crippen molar-refractivity contribution in [3.05, 3.63) is 23.8 Å². The molecule has 3 aliphatic rings. The van der Waals surface area contributed by atoms with Crippen LogP contribution in [0.15, 0.2) is 18.2 Å². The summed E-state index contributed by atoms with van der Waals surface area (Å²) < 4.78 is 0. The van der Waals surface area contributed by atoms with E-state index in [9.17, 15) is 9.59 Å². The van der Waals surface area contributed by atoms with Crippen LogP contribution in [-0.2, 0) is 4.79 Å². The van der Waals surface area contributed by atoms with Crippen LogP contribution in [0.1, 0.15) is 61.7 Å². The van der Waals surface area contributed by atoms with Crippen molar-refractivity contribution < 1.29 is 9.59 Å². The van der Waals surface area contributed by atoms with Gasteiger partial charge in [0.2, 0.25) is 5.91 Å². The highest BCUT2D eigenvalue weighted by atomic mass is 35.5. The van der Waals surface area contributed by atoms with Crippen LogP contribution in [0.4, 0.5) is 11.4 Å². The number of nitrogens with one attached hydrogen (secondary N) is 2. The minimum Gasteiger partial charge on any atom is -0.371 e. The van der Waals surface area contributed by atoms with E-state index in [4.69, 9.17) is 5.73 Å². The summed E-state index contributed by atoms with van der Waals surface area (Å²) in [7, 11) is 0. The van der Waals surface area contributed by atoms with Crippen LogP contribution in [-0.4, -0.2) is 37.0 Å². The first-order valence-corrected chi connectivity index (χ1v) is 10.3. The number of hydrogen-bond donors (Lipinski definition) is 3. The van der Waals surface area contributed by atoms with Gasteiger partial charge in [-0.1, -0.05) is 0 Å². The summed E-state index contributed by atoms with van der Waals surface area (Å²) >= 11 is 0. The average molecular weight is 407 g/mol. The molecule has 6 nitrogen and oxygen atoms in total. The molecule has 2 unspecified atom stereocenters. The molecule has 0 aromatic heterocycles. The number of nitrogens with zero attached hydrogens (tertiary/aromatic N) is 1. The number of primary amides is 1. The summed E-state index contributed by atoms with van der Waals surface area (Å²) in [4.78, 5) is 26.6. The predicted molar refractivity (Wildman–Crippen MR) is 114 cm³/mol. The molecule has 3 saturated heterocycles. The summed E-state index contributed by atoms with van der Waals surface area (Å²) in [5.41, 5.74) is 7.70. The van der Waals surface area contributed by atoms with Crippen LogP contribution in [0.3, 0.4) is 0 Å². The summed E-state index contributed by atoms with van der Waals surface area (Å²) in [6, 6.07) is 6.64. The summed E-state index contributed by atoms with van der Waals surface area (Å²) in [6.45, 7) is 1.85. The molecule has 1 aromatic carbocycles. The second kappa shape index (κ2) is 9.14. The normalized spacial score (nSPS) is 26.4. The van der Waals surface area contributed by atoms with Crippen molar-refractivity contribution in [3.63, 3.8) is 0 Å². The molecule has 4 rings (SSSR count). The number of amides is 2. The Balaban J connectivity index is 0.00000225. The van der Waals surface area contributed by atoms with Crippen LogP contribution in [0.5, 0.6) is 0 Å². The Morgan fingerprint density at radius 1 is 1.11 bits per heavy atom. The van der Waals surface area contributed by atoms with Gasteiger partial charge in [0.1, 0.15) is 0 Å². The van der Waals surface area contributed by atoms with Gasteiger partial charge in [-0.3, -0.25) is 9.59 Å². The van der Waals surface area contributed by atoms with E-state index in [-0.39, 0.29) is 18.3 Å². The van der Waals surface area contributed by atoms with Crippen LogP contribution in [0, 0.1) is 5.92 Å². The lowest BCUT2D eigenvalue weighted by atomic mass is 9.89. The maximum absolute atomic E-state index is 12.6. The number of nitrogens with two attached hydrogens (primary N) is 1. The van der Waals surface area contributed by atoms with E-state index in [1.54, 1.807) is 12.1 Å². The lowest BCUT2D eigenvalue weighted by molar-refractivity contribution is -0.117. The standard InChI is InChI=1S/C21H30N4O2.ClH/c22-21(27)18-7-6-17(13-19(18)25-8-2-1-3-9-25)24-20(26)12-14-10-15-4-5-16(11-14)23-15;/h6-7,13-16,23H,1-5,8-12H2,(H2,22,27)(H,24,26);1H.